The molecule has 4 atom stereocenters. The zero-order chi connectivity index (χ0) is 38.9. The number of hydrogen-bond acceptors (Lipinski definition) is 5. The van der Waals surface area contributed by atoms with Crippen molar-refractivity contribution in [1.29, 1.82) is 0 Å². The second-order valence-electron chi connectivity index (χ2n) is 16.1. The van der Waals surface area contributed by atoms with E-state index in [4.69, 9.17) is 0 Å². The van der Waals surface area contributed by atoms with E-state index in [1.54, 1.807) is 0 Å². The van der Waals surface area contributed by atoms with Crippen LogP contribution in [0.2, 0.25) is 0 Å². The van der Waals surface area contributed by atoms with Gasteiger partial charge in [0.15, 0.2) is 0 Å². The second-order valence-corrected chi connectivity index (χ2v) is 16.1. The molecule has 0 aliphatic heterocycles. The Kier molecular flexibility index (Phi) is 41.0. The van der Waals surface area contributed by atoms with Gasteiger partial charge in [-0.15, -0.1) is 0 Å². The van der Waals surface area contributed by atoms with Crippen molar-refractivity contribution in [3.05, 3.63) is 24.3 Å². The molecule has 4 unspecified atom stereocenters. The monoisotopic (exact) mass is 750 g/mol. The summed E-state index contributed by atoms with van der Waals surface area (Å²) in [6.45, 7) is 4.04. The quantitative estimate of drug-likeness (QED) is 0.0315. The fraction of sp³-hybridized carbons (Fsp3) is 0.894. The van der Waals surface area contributed by atoms with Crippen LogP contribution in [0.15, 0.2) is 24.3 Å². The molecule has 0 spiro atoms. The first kappa shape index (κ1) is 51.8. The lowest BCUT2D eigenvalue weighted by molar-refractivity contribution is -0.132. The number of rotatable bonds is 42. The number of aliphatic hydroxyl groups is 4. The first-order valence-electron chi connectivity index (χ1n) is 23.2. The Balaban J connectivity index is 3.72. The van der Waals surface area contributed by atoms with E-state index in [0.717, 1.165) is 38.5 Å². The molecule has 0 aromatic heterocycles. The topological polar surface area (TPSA) is 110 Å². The van der Waals surface area contributed by atoms with Gasteiger partial charge in [-0.25, -0.2) is 0 Å². The van der Waals surface area contributed by atoms with Gasteiger partial charge in [-0.3, -0.25) is 4.79 Å². The Hall–Kier alpha value is -1.21. The van der Waals surface area contributed by atoms with Crippen LogP contribution in [-0.4, -0.2) is 57.3 Å². The van der Waals surface area contributed by atoms with Crippen LogP contribution in [0.1, 0.15) is 239 Å². The number of nitrogens with one attached hydrogen (secondary N) is 1. The van der Waals surface area contributed by atoms with Crippen LogP contribution in [0, 0.1) is 0 Å². The fourth-order valence-electron chi connectivity index (χ4n) is 7.19. The predicted molar refractivity (Wildman–Crippen MR) is 228 cm³/mol. The summed E-state index contributed by atoms with van der Waals surface area (Å²) in [5.74, 6) is -0.595. The molecular weight excluding hydrogens is 659 g/mol. The van der Waals surface area contributed by atoms with Crippen LogP contribution in [0.4, 0.5) is 0 Å². The fourth-order valence-corrected chi connectivity index (χ4v) is 7.19. The lowest BCUT2D eigenvalue weighted by Gasteiger charge is -2.27. The predicted octanol–water partition coefficient (Wildman–Crippen LogP) is 12.4. The molecule has 0 aromatic carbocycles. The maximum absolute atomic E-state index is 12.5. The molecule has 0 heterocycles. The van der Waals surface area contributed by atoms with Gasteiger partial charge in [-0.2, -0.15) is 0 Å². The van der Waals surface area contributed by atoms with E-state index in [9.17, 15) is 25.2 Å². The summed E-state index contributed by atoms with van der Waals surface area (Å²) >= 11 is 0. The van der Waals surface area contributed by atoms with E-state index in [2.05, 4.69) is 43.5 Å². The molecule has 6 nitrogen and oxygen atoms in total. The van der Waals surface area contributed by atoms with Crippen LogP contribution in [0.3, 0.4) is 0 Å². The SMILES string of the molecule is CCCCCCCC/C=C/CC/C=C/CCCC(O)C(O)C(CO)NC(=O)C(O)CCCCCCCCCCCCCCCCCCCCCCCC. The highest BCUT2D eigenvalue weighted by molar-refractivity contribution is 5.80. The molecule has 0 aliphatic carbocycles. The Morgan fingerprint density at radius 2 is 0.792 bits per heavy atom. The van der Waals surface area contributed by atoms with Gasteiger partial charge in [0, 0.05) is 0 Å². The first-order chi connectivity index (χ1) is 26.0. The number of carbonyl (C=O) groups excluding carboxylic acids is 1. The first-order valence-corrected chi connectivity index (χ1v) is 23.2. The van der Waals surface area contributed by atoms with Gasteiger partial charge in [0.05, 0.1) is 18.8 Å². The lowest BCUT2D eigenvalue weighted by atomic mass is 10.00. The Labute approximate surface area is 329 Å². The molecule has 0 bridgehead atoms. The molecule has 0 rings (SSSR count). The minimum absolute atomic E-state index is 0.364. The van der Waals surface area contributed by atoms with Crippen molar-refractivity contribution in [3.63, 3.8) is 0 Å². The van der Waals surface area contributed by atoms with E-state index < -0.39 is 36.9 Å². The molecule has 53 heavy (non-hydrogen) atoms. The molecular formula is C47H91NO5. The molecule has 0 saturated heterocycles. The molecule has 5 N–H and O–H groups in total. The molecule has 0 radical (unpaired) electrons. The summed E-state index contributed by atoms with van der Waals surface area (Å²) in [5, 5.41) is 43.7. The zero-order valence-electron chi connectivity index (χ0n) is 35.3. The van der Waals surface area contributed by atoms with Crippen LogP contribution in [-0.2, 0) is 4.79 Å². The van der Waals surface area contributed by atoms with Crippen molar-refractivity contribution >= 4 is 5.91 Å². The largest absolute Gasteiger partial charge is 0.394 e. The highest BCUT2D eigenvalue weighted by Crippen LogP contribution is 2.16. The maximum atomic E-state index is 12.5. The number of carbonyl (C=O) groups is 1. The highest BCUT2D eigenvalue weighted by atomic mass is 16.3. The van der Waals surface area contributed by atoms with Gasteiger partial charge in [0.1, 0.15) is 12.2 Å². The van der Waals surface area contributed by atoms with Crippen LogP contribution >= 0.6 is 0 Å². The number of unbranched alkanes of at least 4 members (excludes halogenated alkanes) is 29. The molecule has 0 saturated carbocycles. The average molecular weight is 750 g/mol. The molecule has 314 valence electrons. The average Bonchev–Trinajstić information content (AvgIpc) is 3.16. The Morgan fingerprint density at radius 3 is 1.19 bits per heavy atom. The second kappa shape index (κ2) is 41.9. The van der Waals surface area contributed by atoms with Crippen molar-refractivity contribution in [2.75, 3.05) is 6.61 Å². The summed E-state index contributed by atoms with van der Waals surface area (Å²) in [6.07, 6.45) is 47.9. The molecule has 0 aliphatic rings. The van der Waals surface area contributed by atoms with Gasteiger partial charge in [0.25, 0.3) is 0 Å². The number of amides is 1. The third-order valence-electron chi connectivity index (χ3n) is 10.9. The van der Waals surface area contributed by atoms with E-state index >= 15 is 0 Å². The van der Waals surface area contributed by atoms with E-state index in [1.807, 2.05) is 0 Å². The maximum Gasteiger partial charge on any atom is 0.249 e. The number of hydrogen-bond donors (Lipinski definition) is 5. The molecule has 1 amide bonds. The summed E-state index contributed by atoms with van der Waals surface area (Å²) in [4.78, 5) is 12.5. The summed E-state index contributed by atoms with van der Waals surface area (Å²) in [5.41, 5.74) is 0. The highest BCUT2D eigenvalue weighted by Gasteiger charge is 2.28. The molecule has 6 heteroatoms. The van der Waals surface area contributed by atoms with E-state index in [1.165, 1.54) is 167 Å². The van der Waals surface area contributed by atoms with Crippen molar-refractivity contribution in [2.45, 2.75) is 263 Å². The van der Waals surface area contributed by atoms with Gasteiger partial charge in [-0.05, 0) is 51.4 Å². The van der Waals surface area contributed by atoms with Crippen LogP contribution in [0.5, 0.6) is 0 Å². The van der Waals surface area contributed by atoms with Crippen LogP contribution in [0.25, 0.3) is 0 Å². The Morgan fingerprint density at radius 1 is 0.453 bits per heavy atom. The number of allylic oxidation sites excluding steroid dienone is 4. The normalized spacial score (nSPS) is 14.3. The van der Waals surface area contributed by atoms with E-state index in [-0.39, 0.29) is 0 Å². The van der Waals surface area contributed by atoms with Crippen LogP contribution < -0.4 is 5.32 Å². The Bertz CT molecular complexity index is 802. The lowest BCUT2D eigenvalue weighted by Crippen LogP contribution is -2.53. The summed E-state index contributed by atoms with van der Waals surface area (Å²) < 4.78 is 0. The standard InChI is InChI=1S/C47H91NO5/c1-3-5-7-9-11-13-15-17-19-20-21-22-23-24-25-27-29-31-33-35-37-39-41-45(51)47(53)48-43(42-49)46(52)44(50)40-38-36-34-32-30-28-26-18-16-14-12-10-8-6-4-2/h18,26,32,34,43-46,49-52H,3-17,19-25,27-31,33,35-42H2,1-2H3,(H,48,53)/b26-18+,34-32+. The van der Waals surface area contributed by atoms with E-state index in [0.29, 0.717) is 19.3 Å². The van der Waals surface area contributed by atoms with Crippen molar-refractivity contribution in [1.82, 2.24) is 5.32 Å². The minimum Gasteiger partial charge on any atom is -0.394 e. The van der Waals surface area contributed by atoms with Gasteiger partial charge in [0.2, 0.25) is 5.91 Å². The van der Waals surface area contributed by atoms with Crippen molar-refractivity contribution in [2.24, 2.45) is 0 Å². The number of aliphatic hydroxyl groups excluding tert-OH is 4. The van der Waals surface area contributed by atoms with Crippen molar-refractivity contribution in [3.8, 4) is 0 Å². The zero-order valence-corrected chi connectivity index (χ0v) is 35.3. The molecule has 0 aromatic rings. The minimum atomic E-state index is -1.29. The molecule has 0 fully saturated rings. The third kappa shape index (κ3) is 36.2. The smallest absolute Gasteiger partial charge is 0.249 e. The van der Waals surface area contributed by atoms with Gasteiger partial charge in [-0.1, -0.05) is 212 Å². The van der Waals surface area contributed by atoms with Gasteiger partial charge >= 0.3 is 0 Å². The van der Waals surface area contributed by atoms with Crippen molar-refractivity contribution < 1.29 is 25.2 Å². The summed E-state index contributed by atoms with van der Waals surface area (Å²) in [7, 11) is 0. The summed E-state index contributed by atoms with van der Waals surface area (Å²) in [6, 6.07) is -1.00. The third-order valence-corrected chi connectivity index (χ3v) is 10.9. The van der Waals surface area contributed by atoms with Gasteiger partial charge < -0.3 is 25.7 Å².